The predicted octanol–water partition coefficient (Wildman–Crippen LogP) is 1.97. The Bertz CT molecular complexity index is 972. The van der Waals surface area contributed by atoms with Crippen LogP contribution >= 0.6 is 0 Å². The van der Waals surface area contributed by atoms with Gasteiger partial charge in [0.15, 0.2) is 0 Å². The lowest BCUT2D eigenvalue weighted by Gasteiger charge is -2.29. The highest BCUT2D eigenvalue weighted by Gasteiger charge is 2.30. The highest BCUT2D eigenvalue weighted by atomic mass is 32.2. The van der Waals surface area contributed by atoms with E-state index in [1.807, 2.05) is 36.4 Å². The van der Waals surface area contributed by atoms with Crippen molar-refractivity contribution in [2.24, 2.45) is 11.0 Å². The van der Waals surface area contributed by atoms with Gasteiger partial charge in [-0.05, 0) is 30.4 Å². The van der Waals surface area contributed by atoms with Crippen LogP contribution in [0.25, 0.3) is 10.8 Å². The molecule has 1 fully saturated rings. The lowest BCUT2D eigenvalue weighted by Crippen LogP contribution is -2.44. The fraction of sp³-hybridized carbons (Fsp3) is 0.368. The summed E-state index contributed by atoms with van der Waals surface area (Å²) in [6.45, 7) is 0.662. The van der Waals surface area contributed by atoms with Crippen molar-refractivity contribution in [3.63, 3.8) is 0 Å². The molecule has 1 amide bonds. The highest BCUT2D eigenvalue weighted by Crippen LogP contribution is 2.27. The zero-order valence-electron chi connectivity index (χ0n) is 15.4. The molecule has 2 aromatic carbocycles. The average molecular weight is 389 g/mol. The van der Waals surface area contributed by atoms with Crippen molar-refractivity contribution in [2.45, 2.75) is 12.8 Å². The summed E-state index contributed by atoms with van der Waals surface area (Å²) in [6, 6.07) is 11.5. The second kappa shape index (κ2) is 8.06. The molecule has 1 heterocycles. The van der Waals surface area contributed by atoms with E-state index < -0.39 is 15.9 Å². The number of methoxy groups -OCH3 is 1. The Balaban J connectivity index is 1.71. The first-order valence-corrected chi connectivity index (χ1v) is 10.6. The first-order valence-electron chi connectivity index (χ1n) is 8.74. The SMILES string of the molecule is COc1ccc(/C=N\NC(=O)[C@H]2CCCN(S(C)(=O)=O)C2)c2ccccc12. The fourth-order valence-corrected chi connectivity index (χ4v) is 4.21. The van der Waals surface area contributed by atoms with Crippen molar-refractivity contribution in [3.05, 3.63) is 42.0 Å². The molecular formula is C19H23N3O4S. The molecule has 2 aromatic rings. The number of fused-ring (bicyclic) bond motifs is 1. The van der Waals surface area contributed by atoms with Gasteiger partial charge in [0.05, 0.1) is 25.5 Å². The molecule has 1 aliphatic heterocycles. The fourth-order valence-electron chi connectivity index (χ4n) is 3.30. The van der Waals surface area contributed by atoms with Crippen LogP contribution in [0.5, 0.6) is 5.75 Å². The van der Waals surface area contributed by atoms with E-state index in [9.17, 15) is 13.2 Å². The van der Waals surface area contributed by atoms with Crippen molar-refractivity contribution in [2.75, 3.05) is 26.5 Å². The van der Waals surface area contributed by atoms with Gasteiger partial charge in [0.2, 0.25) is 15.9 Å². The molecule has 7 nitrogen and oxygen atoms in total. The van der Waals surface area contributed by atoms with Crippen LogP contribution in [0.4, 0.5) is 0 Å². The minimum absolute atomic E-state index is 0.200. The number of benzene rings is 2. The Morgan fingerprint density at radius 1 is 1.26 bits per heavy atom. The maximum Gasteiger partial charge on any atom is 0.244 e. The maximum absolute atomic E-state index is 12.4. The van der Waals surface area contributed by atoms with Gasteiger partial charge in [0.1, 0.15) is 5.75 Å². The summed E-state index contributed by atoms with van der Waals surface area (Å²) in [4.78, 5) is 12.4. The largest absolute Gasteiger partial charge is 0.496 e. The van der Waals surface area contributed by atoms with Gasteiger partial charge in [-0.2, -0.15) is 5.10 Å². The molecule has 0 spiro atoms. The number of carbonyl (C=O) groups is 1. The van der Waals surface area contributed by atoms with Gasteiger partial charge in [-0.1, -0.05) is 24.3 Å². The number of nitrogens with one attached hydrogen (secondary N) is 1. The monoisotopic (exact) mass is 389 g/mol. The van der Waals surface area contributed by atoms with Crippen LogP contribution in [0.2, 0.25) is 0 Å². The summed E-state index contributed by atoms with van der Waals surface area (Å²) in [5.74, 6) is 0.116. The lowest BCUT2D eigenvalue weighted by molar-refractivity contribution is -0.126. The Morgan fingerprint density at radius 2 is 2.00 bits per heavy atom. The van der Waals surface area contributed by atoms with Gasteiger partial charge in [-0.15, -0.1) is 0 Å². The molecule has 0 radical (unpaired) electrons. The van der Waals surface area contributed by atoms with E-state index in [1.54, 1.807) is 13.3 Å². The van der Waals surface area contributed by atoms with Gasteiger partial charge < -0.3 is 4.74 Å². The van der Waals surface area contributed by atoms with E-state index in [-0.39, 0.29) is 12.5 Å². The predicted molar refractivity (Wildman–Crippen MR) is 105 cm³/mol. The Morgan fingerprint density at radius 3 is 2.70 bits per heavy atom. The molecule has 0 unspecified atom stereocenters. The smallest absolute Gasteiger partial charge is 0.244 e. The Labute approximate surface area is 159 Å². The lowest BCUT2D eigenvalue weighted by atomic mass is 9.99. The van der Waals surface area contributed by atoms with Crippen molar-refractivity contribution in [1.29, 1.82) is 0 Å². The van der Waals surface area contributed by atoms with E-state index in [2.05, 4.69) is 10.5 Å². The van der Waals surface area contributed by atoms with Gasteiger partial charge in [-0.25, -0.2) is 18.1 Å². The van der Waals surface area contributed by atoms with E-state index >= 15 is 0 Å². The van der Waals surface area contributed by atoms with E-state index in [0.717, 1.165) is 22.1 Å². The number of sulfonamides is 1. The van der Waals surface area contributed by atoms with Crippen LogP contribution in [0.1, 0.15) is 18.4 Å². The molecule has 1 N–H and O–H groups in total. The Kier molecular flexibility index (Phi) is 5.76. The maximum atomic E-state index is 12.4. The standard InChI is InChI=1S/C19H23N3O4S/c1-26-18-10-9-14(16-7-3-4-8-17(16)18)12-20-21-19(23)15-6-5-11-22(13-15)27(2,24)25/h3-4,7-10,12,15H,5-6,11,13H2,1-2H3,(H,21,23)/b20-12-/t15-/m0/s1. The van der Waals surface area contributed by atoms with Crippen LogP contribution < -0.4 is 10.2 Å². The number of ether oxygens (including phenoxy) is 1. The van der Waals surface area contributed by atoms with Gasteiger partial charge >= 0.3 is 0 Å². The van der Waals surface area contributed by atoms with E-state index in [0.29, 0.717) is 19.4 Å². The molecule has 0 bridgehead atoms. The average Bonchev–Trinajstić information content (AvgIpc) is 2.67. The molecule has 1 atom stereocenters. The summed E-state index contributed by atoms with van der Waals surface area (Å²) in [6.07, 6.45) is 4.08. The molecule has 144 valence electrons. The molecule has 27 heavy (non-hydrogen) atoms. The van der Waals surface area contributed by atoms with Crippen molar-refractivity contribution in [1.82, 2.24) is 9.73 Å². The van der Waals surface area contributed by atoms with Crippen molar-refractivity contribution in [3.8, 4) is 5.75 Å². The Hall–Kier alpha value is -2.45. The molecule has 1 aliphatic rings. The third kappa shape index (κ3) is 4.45. The van der Waals surface area contributed by atoms with Crippen LogP contribution in [0.3, 0.4) is 0 Å². The third-order valence-electron chi connectivity index (χ3n) is 4.74. The van der Waals surface area contributed by atoms with Crippen LogP contribution in [-0.2, 0) is 14.8 Å². The molecule has 1 saturated heterocycles. The summed E-state index contributed by atoms with van der Waals surface area (Å²) in [7, 11) is -1.66. The molecule has 0 saturated carbocycles. The summed E-state index contributed by atoms with van der Waals surface area (Å²) in [5.41, 5.74) is 3.40. The highest BCUT2D eigenvalue weighted by molar-refractivity contribution is 7.88. The van der Waals surface area contributed by atoms with Crippen LogP contribution in [-0.4, -0.2) is 51.3 Å². The molecule has 8 heteroatoms. The molecule has 3 rings (SSSR count). The topological polar surface area (TPSA) is 88.1 Å². The van der Waals surface area contributed by atoms with Crippen molar-refractivity contribution < 1.29 is 17.9 Å². The quantitative estimate of drug-likeness (QED) is 0.626. The van der Waals surface area contributed by atoms with E-state index in [4.69, 9.17) is 4.74 Å². The van der Waals surface area contributed by atoms with E-state index in [1.165, 1.54) is 10.6 Å². The first kappa shape index (κ1) is 19.3. The zero-order valence-corrected chi connectivity index (χ0v) is 16.2. The number of carbonyl (C=O) groups excluding carboxylic acids is 1. The number of piperidine rings is 1. The molecular weight excluding hydrogens is 366 g/mol. The first-order chi connectivity index (χ1) is 12.9. The summed E-state index contributed by atoms with van der Waals surface area (Å²) >= 11 is 0. The number of amides is 1. The number of nitrogens with zero attached hydrogens (tertiary/aromatic N) is 2. The number of hydrazone groups is 1. The number of hydrogen-bond donors (Lipinski definition) is 1. The minimum atomic E-state index is -3.28. The van der Waals surface area contributed by atoms with Gasteiger partial charge in [-0.3, -0.25) is 4.79 Å². The van der Waals surface area contributed by atoms with Gasteiger partial charge in [0.25, 0.3) is 0 Å². The normalized spacial score (nSPS) is 18.7. The van der Waals surface area contributed by atoms with Crippen LogP contribution in [0.15, 0.2) is 41.5 Å². The minimum Gasteiger partial charge on any atom is -0.496 e. The van der Waals surface area contributed by atoms with Crippen LogP contribution in [0, 0.1) is 5.92 Å². The van der Waals surface area contributed by atoms with Crippen molar-refractivity contribution >= 4 is 32.9 Å². The summed E-state index contributed by atoms with van der Waals surface area (Å²) in [5, 5.41) is 6.01. The zero-order chi connectivity index (χ0) is 19.4. The van der Waals surface area contributed by atoms with Gasteiger partial charge in [0, 0.05) is 24.0 Å². The third-order valence-corrected chi connectivity index (χ3v) is 6.01. The number of hydrogen-bond acceptors (Lipinski definition) is 5. The second-order valence-electron chi connectivity index (χ2n) is 6.60. The number of rotatable bonds is 5. The summed E-state index contributed by atoms with van der Waals surface area (Å²) < 4.78 is 30.1. The second-order valence-corrected chi connectivity index (χ2v) is 8.58. The molecule has 0 aromatic heterocycles. The molecule has 0 aliphatic carbocycles.